The minimum atomic E-state index is 0.772. The van der Waals surface area contributed by atoms with E-state index >= 15 is 0 Å². The van der Waals surface area contributed by atoms with Crippen LogP contribution in [0.3, 0.4) is 0 Å². The van der Waals surface area contributed by atoms with Crippen LogP contribution in [0, 0.1) is 6.92 Å². The van der Waals surface area contributed by atoms with Crippen LogP contribution in [-0.4, -0.2) is 10.2 Å². The van der Waals surface area contributed by atoms with E-state index in [0.29, 0.717) is 0 Å². The van der Waals surface area contributed by atoms with Gasteiger partial charge in [0.2, 0.25) is 0 Å². The molecule has 70 valence electrons. The van der Waals surface area contributed by atoms with Gasteiger partial charge in [-0.2, -0.15) is 10.2 Å². The summed E-state index contributed by atoms with van der Waals surface area (Å²) in [6.07, 6.45) is 1.65. The van der Waals surface area contributed by atoms with Crippen molar-refractivity contribution in [2.75, 3.05) is 0 Å². The Balaban J connectivity index is 2.20. The number of azo groups is 1. The molecule has 4 heteroatoms. The molecule has 1 aromatic heterocycles. The molecule has 0 fully saturated rings. The van der Waals surface area contributed by atoms with Crippen LogP contribution in [0.1, 0.15) is 5.69 Å². The topological polar surface area (TPSA) is 53.4 Å². The number of aromatic nitrogens is 2. The van der Waals surface area contributed by atoms with Gasteiger partial charge in [-0.1, -0.05) is 18.2 Å². The molecule has 14 heavy (non-hydrogen) atoms. The molecule has 1 N–H and O–H groups in total. The molecule has 0 radical (unpaired) electrons. The van der Waals surface area contributed by atoms with Crippen LogP contribution in [0.5, 0.6) is 0 Å². The van der Waals surface area contributed by atoms with E-state index in [4.69, 9.17) is 0 Å². The third kappa shape index (κ3) is 1.85. The van der Waals surface area contributed by atoms with Gasteiger partial charge in [0.25, 0.3) is 0 Å². The van der Waals surface area contributed by atoms with Gasteiger partial charge in [0.05, 0.1) is 17.6 Å². The largest absolute Gasteiger partial charge is 0.281 e. The highest BCUT2D eigenvalue weighted by atomic mass is 15.2. The maximum atomic E-state index is 4.07. The van der Waals surface area contributed by atoms with E-state index in [2.05, 4.69) is 20.4 Å². The zero-order chi connectivity index (χ0) is 9.80. The molecule has 1 heterocycles. The minimum Gasteiger partial charge on any atom is -0.281 e. The fourth-order valence-corrected chi connectivity index (χ4v) is 1.05. The van der Waals surface area contributed by atoms with Gasteiger partial charge in [0.1, 0.15) is 5.69 Å². The molecule has 0 atom stereocenters. The molecule has 0 aliphatic rings. The predicted octanol–water partition coefficient (Wildman–Crippen LogP) is 3.13. The van der Waals surface area contributed by atoms with Crippen LogP contribution >= 0.6 is 0 Å². The first-order valence-electron chi connectivity index (χ1n) is 4.33. The monoisotopic (exact) mass is 186 g/mol. The third-order valence-corrected chi connectivity index (χ3v) is 1.83. The molecule has 1 aromatic carbocycles. The Labute approximate surface area is 81.7 Å². The Kier molecular flexibility index (Phi) is 2.36. The summed E-state index contributed by atoms with van der Waals surface area (Å²) >= 11 is 0. The number of nitrogens with one attached hydrogen (secondary N) is 1. The lowest BCUT2D eigenvalue weighted by Gasteiger charge is -1.89. The van der Waals surface area contributed by atoms with Gasteiger partial charge in [0, 0.05) is 0 Å². The first-order chi connectivity index (χ1) is 6.86. The lowest BCUT2D eigenvalue weighted by atomic mass is 10.3. The van der Waals surface area contributed by atoms with E-state index < -0.39 is 0 Å². The van der Waals surface area contributed by atoms with E-state index in [9.17, 15) is 0 Å². The van der Waals surface area contributed by atoms with Crippen molar-refractivity contribution in [2.45, 2.75) is 6.92 Å². The second-order valence-electron chi connectivity index (χ2n) is 2.92. The van der Waals surface area contributed by atoms with Gasteiger partial charge >= 0.3 is 0 Å². The highest BCUT2D eigenvalue weighted by molar-refractivity contribution is 5.40. The van der Waals surface area contributed by atoms with Crippen LogP contribution in [0.25, 0.3) is 0 Å². The summed E-state index contributed by atoms with van der Waals surface area (Å²) in [4.78, 5) is 0. The molecule has 0 aliphatic heterocycles. The fraction of sp³-hybridized carbons (Fsp3) is 0.100. The lowest BCUT2D eigenvalue weighted by molar-refractivity contribution is 1.05. The van der Waals surface area contributed by atoms with Crippen molar-refractivity contribution < 1.29 is 0 Å². The van der Waals surface area contributed by atoms with Crippen molar-refractivity contribution in [1.29, 1.82) is 0 Å². The molecule has 4 nitrogen and oxygen atoms in total. The smallest absolute Gasteiger partial charge is 0.126 e. The van der Waals surface area contributed by atoms with Crippen LogP contribution in [0.2, 0.25) is 0 Å². The summed E-state index contributed by atoms with van der Waals surface area (Å²) in [5.74, 6) is 0. The van der Waals surface area contributed by atoms with E-state index in [1.165, 1.54) is 0 Å². The Bertz CT molecular complexity index is 430. The molecule has 0 bridgehead atoms. The number of hydrogen-bond acceptors (Lipinski definition) is 3. The van der Waals surface area contributed by atoms with Gasteiger partial charge in [-0.15, -0.1) is 5.11 Å². The summed E-state index contributed by atoms with van der Waals surface area (Å²) in [6, 6.07) is 9.60. The maximum Gasteiger partial charge on any atom is 0.126 e. The molecular weight excluding hydrogens is 176 g/mol. The van der Waals surface area contributed by atoms with Gasteiger partial charge in [-0.05, 0) is 19.1 Å². The van der Waals surface area contributed by atoms with Crippen molar-refractivity contribution in [3.63, 3.8) is 0 Å². The number of H-pyrrole nitrogens is 1. The number of benzene rings is 1. The summed E-state index contributed by atoms with van der Waals surface area (Å²) < 4.78 is 0. The van der Waals surface area contributed by atoms with Crippen molar-refractivity contribution in [3.05, 3.63) is 42.2 Å². The SMILES string of the molecule is Cc1[nH]ncc1N=Nc1ccccc1. The number of aromatic amines is 1. The summed E-state index contributed by atoms with van der Waals surface area (Å²) in [7, 11) is 0. The van der Waals surface area contributed by atoms with Crippen LogP contribution < -0.4 is 0 Å². The summed E-state index contributed by atoms with van der Waals surface area (Å²) in [5.41, 5.74) is 2.53. The lowest BCUT2D eigenvalue weighted by Crippen LogP contribution is -1.68. The zero-order valence-electron chi connectivity index (χ0n) is 7.81. The van der Waals surface area contributed by atoms with Crippen LogP contribution in [0.15, 0.2) is 46.8 Å². The highest BCUT2D eigenvalue weighted by Crippen LogP contribution is 2.18. The van der Waals surface area contributed by atoms with Gasteiger partial charge < -0.3 is 0 Å². The second kappa shape index (κ2) is 3.83. The number of rotatable bonds is 2. The molecule has 2 aromatic rings. The number of aryl methyl sites for hydroxylation is 1. The molecule has 0 unspecified atom stereocenters. The maximum absolute atomic E-state index is 4.07. The average Bonchev–Trinajstić information content (AvgIpc) is 2.63. The molecular formula is C10H10N4. The van der Waals surface area contributed by atoms with Gasteiger partial charge in [-0.25, -0.2) is 0 Å². The van der Waals surface area contributed by atoms with Crippen molar-refractivity contribution >= 4 is 11.4 Å². The fourth-order valence-electron chi connectivity index (χ4n) is 1.05. The van der Waals surface area contributed by atoms with E-state index in [-0.39, 0.29) is 0 Å². The Morgan fingerprint density at radius 3 is 2.57 bits per heavy atom. The second-order valence-corrected chi connectivity index (χ2v) is 2.92. The third-order valence-electron chi connectivity index (χ3n) is 1.83. The minimum absolute atomic E-state index is 0.772. The van der Waals surface area contributed by atoms with Crippen LogP contribution in [-0.2, 0) is 0 Å². The molecule has 0 amide bonds. The molecule has 0 aliphatic carbocycles. The highest BCUT2D eigenvalue weighted by Gasteiger charge is 1.96. The van der Waals surface area contributed by atoms with Crippen LogP contribution in [0.4, 0.5) is 11.4 Å². The van der Waals surface area contributed by atoms with E-state index in [0.717, 1.165) is 17.1 Å². The Hall–Kier alpha value is -1.97. The first-order valence-corrected chi connectivity index (χ1v) is 4.33. The molecule has 0 saturated heterocycles. The zero-order valence-corrected chi connectivity index (χ0v) is 7.81. The van der Waals surface area contributed by atoms with Gasteiger partial charge in [0.15, 0.2) is 0 Å². The Morgan fingerprint density at radius 1 is 1.14 bits per heavy atom. The van der Waals surface area contributed by atoms with E-state index in [1.807, 2.05) is 37.3 Å². The molecule has 0 saturated carbocycles. The number of hydrogen-bond donors (Lipinski definition) is 1. The standard InChI is InChI=1S/C10H10N4/c1-8-10(7-11-12-8)14-13-9-5-3-2-4-6-9/h2-7H,1H3,(H,11,12). The summed E-state index contributed by atoms with van der Waals surface area (Å²) in [5, 5.41) is 14.8. The van der Waals surface area contributed by atoms with Crippen molar-refractivity contribution in [1.82, 2.24) is 10.2 Å². The summed E-state index contributed by atoms with van der Waals surface area (Å²) in [6.45, 7) is 1.91. The number of nitrogens with zero attached hydrogens (tertiary/aromatic N) is 3. The predicted molar refractivity (Wildman–Crippen MR) is 53.9 cm³/mol. The van der Waals surface area contributed by atoms with Gasteiger partial charge in [-0.3, -0.25) is 5.10 Å². The molecule has 0 spiro atoms. The van der Waals surface area contributed by atoms with Crippen molar-refractivity contribution in [3.8, 4) is 0 Å². The molecule has 2 rings (SSSR count). The average molecular weight is 186 g/mol. The normalized spacial score (nSPS) is 10.9. The Morgan fingerprint density at radius 2 is 1.93 bits per heavy atom. The van der Waals surface area contributed by atoms with E-state index in [1.54, 1.807) is 6.20 Å². The first kappa shape index (κ1) is 8.62. The quantitative estimate of drug-likeness (QED) is 0.719. The van der Waals surface area contributed by atoms with Crippen molar-refractivity contribution in [2.24, 2.45) is 10.2 Å².